The summed E-state index contributed by atoms with van der Waals surface area (Å²) in [5.41, 5.74) is 2.31. The molecular weight excluding hydrogens is 299 g/mol. The molecule has 0 aliphatic heterocycles. The van der Waals surface area contributed by atoms with Gasteiger partial charge in [-0.3, -0.25) is 4.68 Å². The topological polar surface area (TPSA) is 47.3 Å². The van der Waals surface area contributed by atoms with Crippen molar-refractivity contribution in [1.29, 1.82) is 0 Å². The number of aliphatic hydroxyl groups excluding tert-OH is 1. The van der Waals surface area contributed by atoms with E-state index in [1.165, 1.54) is 0 Å². The van der Waals surface area contributed by atoms with Crippen LogP contribution in [-0.2, 0) is 26.7 Å². The number of benzene rings is 1. The number of hydrogen-bond acceptors (Lipinski definition) is 3. The molecule has 0 spiro atoms. The number of hydrogen-bond donors (Lipinski definition) is 1. The van der Waals surface area contributed by atoms with Crippen LogP contribution in [-0.4, -0.2) is 14.9 Å². The van der Waals surface area contributed by atoms with Crippen LogP contribution in [0.2, 0.25) is 10.0 Å². The van der Waals surface area contributed by atoms with E-state index < -0.39 is 0 Å². The molecule has 2 rings (SSSR count). The zero-order valence-electron chi connectivity index (χ0n) is 11.4. The van der Waals surface area contributed by atoms with E-state index >= 15 is 0 Å². The van der Waals surface area contributed by atoms with Crippen LogP contribution in [0.4, 0.5) is 0 Å². The molecule has 1 aromatic carbocycles. The number of aryl methyl sites for hydroxylation is 2. The minimum atomic E-state index is -0.130. The van der Waals surface area contributed by atoms with Crippen LogP contribution >= 0.6 is 23.2 Å². The molecule has 0 aliphatic carbocycles. The molecule has 20 heavy (non-hydrogen) atoms. The van der Waals surface area contributed by atoms with Gasteiger partial charge in [0.2, 0.25) is 0 Å². The number of halogens is 2. The van der Waals surface area contributed by atoms with Gasteiger partial charge in [0, 0.05) is 17.6 Å². The summed E-state index contributed by atoms with van der Waals surface area (Å²) in [6, 6.07) is 5.14. The summed E-state index contributed by atoms with van der Waals surface area (Å²) in [5.74, 6) is 0.590. The van der Waals surface area contributed by atoms with Gasteiger partial charge in [-0.1, -0.05) is 30.1 Å². The van der Waals surface area contributed by atoms with E-state index in [4.69, 9.17) is 27.9 Å². The summed E-state index contributed by atoms with van der Waals surface area (Å²) in [4.78, 5) is 0. The number of aliphatic hydroxyl groups is 1. The SMILES string of the molecule is CCc1nn(C)c(COc2ccc(Cl)cc2CO)c1Cl. The second-order valence-corrected chi connectivity index (χ2v) is 5.20. The molecule has 0 aliphatic rings. The molecule has 6 heteroatoms. The molecule has 0 atom stereocenters. The van der Waals surface area contributed by atoms with Crippen LogP contribution in [0, 0.1) is 0 Å². The Morgan fingerprint density at radius 1 is 1.35 bits per heavy atom. The summed E-state index contributed by atoms with van der Waals surface area (Å²) < 4.78 is 7.44. The Labute approximate surface area is 127 Å². The average Bonchev–Trinajstić information content (AvgIpc) is 2.72. The maximum absolute atomic E-state index is 9.31. The van der Waals surface area contributed by atoms with Gasteiger partial charge in [0.1, 0.15) is 12.4 Å². The number of rotatable bonds is 5. The summed E-state index contributed by atoms with van der Waals surface area (Å²) in [6.07, 6.45) is 0.773. The van der Waals surface area contributed by atoms with Crippen LogP contribution in [0.3, 0.4) is 0 Å². The molecular formula is C14H16Cl2N2O2. The van der Waals surface area contributed by atoms with E-state index in [0.29, 0.717) is 21.4 Å². The van der Waals surface area contributed by atoms with Crippen molar-refractivity contribution in [3.8, 4) is 5.75 Å². The minimum absolute atomic E-state index is 0.130. The van der Waals surface area contributed by atoms with E-state index in [-0.39, 0.29) is 13.2 Å². The Morgan fingerprint density at radius 3 is 2.70 bits per heavy atom. The Kier molecular flexibility index (Phi) is 4.91. The van der Waals surface area contributed by atoms with Gasteiger partial charge >= 0.3 is 0 Å². The highest BCUT2D eigenvalue weighted by Gasteiger charge is 2.14. The zero-order chi connectivity index (χ0) is 14.7. The molecule has 1 heterocycles. The Bertz CT molecular complexity index is 611. The first-order valence-electron chi connectivity index (χ1n) is 6.29. The third-order valence-corrected chi connectivity index (χ3v) is 3.73. The molecule has 0 radical (unpaired) electrons. The maximum Gasteiger partial charge on any atom is 0.131 e. The zero-order valence-corrected chi connectivity index (χ0v) is 12.9. The van der Waals surface area contributed by atoms with Gasteiger partial charge in [0.15, 0.2) is 0 Å². The van der Waals surface area contributed by atoms with Crippen molar-refractivity contribution >= 4 is 23.2 Å². The first-order valence-corrected chi connectivity index (χ1v) is 7.04. The van der Waals surface area contributed by atoms with E-state index in [1.807, 2.05) is 14.0 Å². The van der Waals surface area contributed by atoms with Crippen molar-refractivity contribution < 1.29 is 9.84 Å². The molecule has 1 aromatic heterocycles. The van der Waals surface area contributed by atoms with Crippen molar-refractivity contribution in [1.82, 2.24) is 9.78 Å². The molecule has 2 aromatic rings. The standard InChI is InChI=1S/C14H16Cl2N2O2/c1-3-11-14(16)12(18(2)17-11)8-20-13-5-4-10(15)6-9(13)7-19/h4-6,19H,3,7-8H2,1-2H3. The highest BCUT2D eigenvalue weighted by Crippen LogP contribution is 2.26. The first-order chi connectivity index (χ1) is 9.56. The third-order valence-electron chi connectivity index (χ3n) is 3.06. The van der Waals surface area contributed by atoms with Crippen molar-refractivity contribution in [2.24, 2.45) is 7.05 Å². The lowest BCUT2D eigenvalue weighted by atomic mass is 10.2. The van der Waals surface area contributed by atoms with Crippen molar-refractivity contribution in [2.75, 3.05) is 0 Å². The fraction of sp³-hybridized carbons (Fsp3) is 0.357. The van der Waals surface area contributed by atoms with Gasteiger partial charge in [-0.15, -0.1) is 0 Å². The molecule has 0 fully saturated rings. The highest BCUT2D eigenvalue weighted by molar-refractivity contribution is 6.32. The molecule has 0 bridgehead atoms. The van der Waals surface area contributed by atoms with E-state index in [2.05, 4.69) is 5.10 Å². The van der Waals surface area contributed by atoms with Gasteiger partial charge < -0.3 is 9.84 Å². The van der Waals surface area contributed by atoms with Crippen molar-refractivity contribution in [2.45, 2.75) is 26.6 Å². The molecule has 0 unspecified atom stereocenters. The molecule has 0 saturated heterocycles. The minimum Gasteiger partial charge on any atom is -0.487 e. The van der Waals surface area contributed by atoms with Crippen molar-refractivity contribution in [3.63, 3.8) is 0 Å². The van der Waals surface area contributed by atoms with Gasteiger partial charge in [-0.2, -0.15) is 5.10 Å². The Balaban J connectivity index is 2.19. The van der Waals surface area contributed by atoms with Crippen LogP contribution in [0.5, 0.6) is 5.75 Å². The molecule has 1 N–H and O–H groups in total. The van der Waals surface area contributed by atoms with Gasteiger partial charge in [0.05, 0.1) is 23.0 Å². The lowest BCUT2D eigenvalue weighted by Crippen LogP contribution is -2.05. The number of aromatic nitrogens is 2. The summed E-state index contributed by atoms with van der Waals surface area (Å²) in [7, 11) is 1.83. The monoisotopic (exact) mass is 314 g/mol. The van der Waals surface area contributed by atoms with E-state index in [9.17, 15) is 5.11 Å². The smallest absolute Gasteiger partial charge is 0.131 e. The van der Waals surface area contributed by atoms with Crippen LogP contribution in [0.1, 0.15) is 23.9 Å². The lowest BCUT2D eigenvalue weighted by Gasteiger charge is -2.11. The largest absolute Gasteiger partial charge is 0.487 e. The average molecular weight is 315 g/mol. The maximum atomic E-state index is 9.31. The van der Waals surface area contributed by atoms with Crippen LogP contribution in [0.15, 0.2) is 18.2 Å². The molecule has 108 valence electrons. The first kappa shape index (κ1) is 15.2. The molecule has 0 amide bonds. The normalized spacial score (nSPS) is 10.8. The second kappa shape index (κ2) is 6.48. The summed E-state index contributed by atoms with van der Waals surface area (Å²) in [6.45, 7) is 2.16. The van der Waals surface area contributed by atoms with Crippen molar-refractivity contribution in [3.05, 3.63) is 45.2 Å². The van der Waals surface area contributed by atoms with Gasteiger partial charge in [0.25, 0.3) is 0 Å². The Hall–Kier alpha value is -1.23. The van der Waals surface area contributed by atoms with E-state index in [1.54, 1.807) is 22.9 Å². The summed E-state index contributed by atoms with van der Waals surface area (Å²) >= 11 is 12.1. The fourth-order valence-corrected chi connectivity index (χ4v) is 2.48. The molecule has 0 saturated carbocycles. The van der Waals surface area contributed by atoms with Crippen LogP contribution < -0.4 is 4.74 Å². The third kappa shape index (κ3) is 3.08. The summed E-state index contributed by atoms with van der Waals surface area (Å²) in [5, 5.41) is 14.8. The highest BCUT2D eigenvalue weighted by atomic mass is 35.5. The molecule has 4 nitrogen and oxygen atoms in total. The fourth-order valence-electron chi connectivity index (χ4n) is 1.94. The number of ether oxygens (including phenoxy) is 1. The predicted molar refractivity (Wildman–Crippen MR) is 79.3 cm³/mol. The number of nitrogens with zero attached hydrogens (tertiary/aromatic N) is 2. The lowest BCUT2D eigenvalue weighted by molar-refractivity contribution is 0.255. The van der Waals surface area contributed by atoms with Gasteiger partial charge in [-0.25, -0.2) is 0 Å². The van der Waals surface area contributed by atoms with Gasteiger partial charge in [-0.05, 0) is 24.6 Å². The Morgan fingerprint density at radius 2 is 2.10 bits per heavy atom. The second-order valence-electron chi connectivity index (χ2n) is 4.38. The van der Waals surface area contributed by atoms with Crippen LogP contribution in [0.25, 0.3) is 0 Å². The van der Waals surface area contributed by atoms with E-state index in [0.717, 1.165) is 17.8 Å². The predicted octanol–water partition coefficient (Wildman–Crippen LogP) is 3.36. The quantitative estimate of drug-likeness (QED) is 0.920.